The summed E-state index contributed by atoms with van der Waals surface area (Å²) in [6, 6.07) is 9.24. The van der Waals surface area contributed by atoms with Crippen LogP contribution in [0.3, 0.4) is 0 Å². The number of benzene rings is 1. The number of nitrogens with zero attached hydrogens (tertiary/aromatic N) is 2. The molecule has 3 rings (SSSR count). The van der Waals surface area contributed by atoms with Crippen molar-refractivity contribution < 1.29 is 22.7 Å². The number of hydrogen-bond donors (Lipinski definition) is 1. The summed E-state index contributed by atoms with van der Waals surface area (Å²) in [4.78, 5) is 12.2. The summed E-state index contributed by atoms with van der Waals surface area (Å²) in [5, 5.41) is 11.7. The van der Waals surface area contributed by atoms with Crippen molar-refractivity contribution in [2.45, 2.75) is 17.5 Å². The van der Waals surface area contributed by atoms with Crippen molar-refractivity contribution in [2.24, 2.45) is 0 Å². The predicted octanol–water partition coefficient (Wildman–Crippen LogP) is 4.32. The van der Waals surface area contributed by atoms with E-state index in [4.69, 9.17) is 4.42 Å². The molecule has 0 aliphatic carbocycles. The number of hydrogen-bond acceptors (Lipinski definition) is 8. The quantitative estimate of drug-likeness (QED) is 0.426. The zero-order valence-electron chi connectivity index (χ0n) is 13.2. The molecule has 3 aromatic rings. The number of halogens is 2. The van der Waals surface area contributed by atoms with Crippen molar-refractivity contribution in [2.75, 3.05) is 11.1 Å². The van der Waals surface area contributed by atoms with Gasteiger partial charge in [-0.2, -0.15) is 8.78 Å². The van der Waals surface area contributed by atoms with E-state index in [0.717, 1.165) is 5.76 Å². The number of nitrogens with one attached hydrogen (secondary N) is 1. The molecule has 10 heteroatoms. The number of ketones is 1. The Hall–Kier alpha value is -2.46. The number of ether oxygens (including phenoxy) is 1. The second-order valence-corrected chi connectivity index (χ2v) is 7.12. The standard InChI is InChI=1S/C16H13F2N3O3S2/c17-14(18)24-11-5-3-10(4-6-11)13(22)9-25-16-21-20-15(26-16)19-8-12-2-1-7-23-12/h1-7,14H,8-9H2,(H,19,20). The zero-order chi connectivity index (χ0) is 18.4. The fourth-order valence-corrected chi connectivity index (χ4v) is 3.59. The number of Topliss-reactive ketones (excluding diaryl/α,β-unsaturated/α-hetero) is 1. The van der Waals surface area contributed by atoms with Gasteiger partial charge in [0.15, 0.2) is 10.1 Å². The normalized spacial score (nSPS) is 10.9. The fourth-order valence-electron chi connectivity index (χ4n) is 1.95. The van der Waals surface area contributed by atoms with Crippen LogP contribution in [0.5, 0.6) is 5.75 Å². The third-order valence-electron chi connectivity index (χ3n) is 3.13. The molecule has 0 amide bonds. The summed E-state index contributed by atoms with van der Waals surface area (Å²) in [6.45, 7) is -2.39. The lowest BCUT2D eigenvalue weighted by molar-refractivity contribution is -0.0498. The maximum Gasteiger partial charge on any atom is 0.387 e. The van der Waals surface area contributed by atoms with Crippen LogP contribution in [0.2, 0.25) is 0 Å². The van der Waals surface area contributed by atoms with Crippen LogP contribution in [0.1, 0.15) is 16.1 Å². The monoisotopic (exact) mass is 397 g/mol. The summed E-state index contributed by atoms with van der Waals surface area (Å²) < 4.78 is 34.3. The first kappa shape index (κ1) is 18.3. The van der Waals surface area contributed by atoms with Gasteiger partial charge in [0.1, 0.15) is 11.5 Å². The van der Waals surface area contributed by atoms with E-state index in [9.17, 15) is 13.6 Å². The van der Waals surface area contributed by atoms with Gasteiger partial charge in [-0.25, -0.2) is 0 Å². The molecule has 0 atom stereocenters. The number of carbonyl (C=O) groups excluding carboxylic acids is 1. The van der Waals surface area contributed by atoms with E-state index < -0.39 is 6.61 Å². The largest absolute Gasteiger partial charge is 0.467 e. The van der Waals surface area contributed by atoms with E-state index in [2.05, 4.69) is 20.3 Å². The first-order chi connectivity index (χ1) is 12.6. The van der Waals surface area contributed by atoms with Crippen LogP contribution >= 0.6 is 23.1 Å². The molecule has 1 N–H and O–H groups in total. The topological polar surface area (TPSA) is 77.3 Å². The van der Waals surface area contributed by atoms with Crippen molar-refractivity contribution in [3.63, 3.8) is 0 Å². The Kier molecular flexibility index (Phi) is 6.18. The summed E-state index contributed by atoms with van der Waals surface area (Å²) in [5.74, 6) is 0.824. The number of carbonyl (C=O) groups is 1. The first-order valence-electron chi connectivity index (χ1n) is 7.41. The van der Waals surface area contributed by atoms with Gasteiger partial charge in [0.25, 0.3) is 0 Å². The smallest absolute Gasteiger partial charge is 0.387 e. The van der Waals surface area contributed by atoms with Crippen LogP contribution in [0, 0.1) is 0 Å². The summed E-state index contributed by atoms with van der Waals surface area (Å²) in [6.07, 6.45) is 1.59. The van der Waals surface area contributed by atoms with Gasteiger partial charge in [-0.15, -0.1) is 10.2 Å². The zero-order valence-corrected chi connectivity index (χ0v) is 14.9. The fraction of sp³-hybridized carbons (Fsp3) is 0.188. The SMILES string of the molecule is O=C(CSc1nnc(NCc2ccco2)s1)c1ccc(OC(F)F)cc1. The second-order valence-electron chi connectivity index (χ2n) is 4.92. The third-order valence-corrected chi connectivity index (χ3v) is 5.14. The number of rotatable bonds is 9. The molecular formula is C16H13F2N3O3S2. The maximum atomic E-state index is 12.2. The molecule has 0 aliphatic heterocycles. The molecule has 0 aliphatic rings. The van der Waals surface area contributed by atoms with Gasteiger partial charge in [-0.05, 0) is 36.4 Å². The highest BCUT2D eigenvalue weighted by Gasteiger charge is 2.11. The Bertz CT molecular complexity index is 839. The van der Waals surface area contributed by atoms with Crippen molar-refractivity contribution >= 4 is 34.0 Å². The highest BCUT2D eigenvalue weighted by Crippen LogP contribution is 2.26. The van der Waals surface area contributed by atoms with E-state index in [-0.39, 0.29) is 17.3 Å². The molecular weight excluding hydrogens is 384 g/mol. The van der Waals surface area contributed by atoms with Gasteiger partial charge in [-0.3, -0.25) is 4.79 Å². The van der Waals surface area contributed by atoms with Crippen molar-refractivity contribution in [1.29, 1.82) is 0 Å². The summed E-state index contributed by atoms with van der Waals surface area (Å²) in [5.41, 5.74) is 0.416. The molecule has 6 nitrogen and oxygen atoms in total. The molecule has 2 aromatic heterocycles. The minimum Gasteiger partial charge on any atom is -0.467 e. The number of anilines is 1. The van der Waals surface area contributed by atoms with E-state index in [0.29, 0.717) is 21.6 Å². The van der Waals surface area contributed by atoms with Gasteiger partial charge < -0.3 is 14.5 Å². The molecule has 0 bridgehead atoms. The molecule has 0 saturated heterocycles. The molecule has 0 radical (unpaired) electrons. The van der Waals surface area contributed by atoms with Crippen molar-refractivity contribution in [3.05, 3.63) is 54.0 Å². The maximum absolute atomic E-state index is 12.2. The van der Waals surface area contributed by atoms with Gasteiger partial charge in [0.05, 0.1) is 18.6 Å². The average molecular weight is 397 g/mol. The van der Waals surface area contributed by atoms with Crippen LogP contribution in [-0.2, 0) is 6.54 Å². The van der Waals surface area contributed by atoms with E-state index in [1.54, 1.807) is 12.3 Å². The lowest BCUT2D eigenvalue weighted by Crippen LogP contribution is -2.04. The Labute approximate surface area is 155 Å². The molecule has 0 unspecified atom stereocenters. The number of furan rings is 1. The van der Waals surface area contributed by atoms with Crippen LogP contribution in [-0.4, -0.2) is 28.3 Å². The Morgan fingerprint density at radius 2 is 2.08 bits per heavy atom. The van der Waals surface area contributed by atoms with Crippen LogP contribution in [0.15, 0.2) is 51.4 Å². The molecule has 0 spiro atoms. The van der Waals surface area contributed by atoms with E-state index in [1.807, 2.05) is 6.07 Å². The molecule has 26 heavy (non-hydrogen) atoms. The van der Waals surface area contributed by atoms with E-state index >= 15 is 0 Å². The Morgan fingerprint density at radius 3 is 2.77 bits per heavy atom. The van der Waals surface area contributed by atoms with Gasteiger partial charge in [0, 0.05) is 5.56 Å². The molecule has 0 saturated carbocycles. The first-order valence-corrected chi connectivity index (χ1v) is 9.21. The highest BCUT2D eigenvalue weighted by molar-refractivity contribution is 8.01. The molecule has 1 aromatic carbocycles. The van der Waals surface area contributed by atoms with Crippen LogP contribution < -0.4 is 10.1 Å². The molecule has 0 fully saturated rings. The third kappa shape index (κ3) is 5.27. The van der Waals surface area contributed by atoms with Gasteiger partial charge in [-0.1, -0.05) is 23.1 Å². The number of thioether (sulfide) groups is 1. The highest BCUT2D eigenvalue weighted by atomic mass is 32.2. The predicted molar refractivity (Wildman–Crippen MR) is 94.1 cm³/mol. The van der Waals surface area contributed by atoms with Gasteiger partial charge >= 0.3 is 6.61 Å². The minimum atomic E-state index is -2.89. The lowest BCUT2D eigenvalue weighted by atomic mass is 10.1. The average Bonchev–Trinajstić information content (AvgIpc) is 3.30. The van der Waals surface area contributed by atoms with Gasteiger partial charge in [0.2, 0.25) is 5.13 Å². The van der Waals surface area contributed by atoms with Crippen LogP contribution in [0.4, 0.5) is 13.9 Å². The molecule has 2 heterocycles. The molecule has 136 valence electrons. The number of alkyl halides is 2. The summed E-state index contributed by atoms with van der Waals surface area (Å²) >= 11 is 2.60. The Morgan fingerprint density at radius 1 is 1.27 bits per heavy atom. The lowest BCUT2D eigenvalue weighted by Gasteiger charge is -2.05. The van der Waals surface area contributed by atoms with Crippen molar-refractivity contribution in [3.8, 4) is 5.75 Å². The number of aromatic nitrogens is 2. The Balaban J connectivity index is 1.48. The minimum absolute atomic E-state index is 0.0144. The van der Waals surface area contributed by atoms with Crippen molar-refractivity contribution in [1.82, 2.24) is 10.2 Å². The van der Waals surface area contributed by atoms with Crippen LogP contribution in [0.25, 0.3) is 0 Å². The van der Waals surface area contributed by atoms with E-state index in [1.165, 1.54) is 47.4 Å². The summed E-state index contributed by atoms with van der Waals surface area (Å²) in [7, 11) is 0. The second kappa shape index (κ2) is 8.77.